The van der Waals surface area contributed by atoms with Gasteiger partial charge in [0.25, 0.3) is 0 Å². The highest BCUT2D eigenvalue weighted by Gasteiger charge is 2.29. The average Bonchev–Trinajstić information content (AvgIpc) is 2.77. The Hall–Kier alpha value is -3.55. The molecule has 8 nitrogen and oxygen atoms in total. The summed E-state index contributed by atoms with van der Waals surface area (Å²) in [6.07, 6.45) is 0.0574. The van der Waals surface area contributed by atoms with Crippen molar-refractivity contribution in [2.24, 2.45) is 11.7 Å². The summed E-state index contributed by atoms with van der Waals surface area (Å²) in [4.78, 5) is 37.0. The maximum absolute atomic E-state index is 12.9. The average molecular weight is 428 g/mol. The fraction of sp³-hybridized carbons (Fsp3) is 0.348. The second-order valence-corrected chi connectivity index (χ2v) is 7.40. The van der Waals surface area contributed by atoms with Crippen LogP contribution in [-0.4, -0.2) is 35.1 Å². The minimum absolute atomic E-state index is 0.0757. The van der Waals surface area contributed by atoms with E-state index in [1.54, 1.807) is 12.1 Å². The van der Waals surface area contributed by atoms with E-state index in [1.807, 2.05) is 44.2 Å². The Bertz CT molecular complexity index is 871. The van der Waals surface area contributed by atoms with Crippen molar-refractivity contribution in [1.29, 1.82) is 0 Å². The Balaban J connectivity index is 2.01. The molecule has 0 aliphatic heterocycles. The first kappa shape index (κ1) is 23.7. The van der Waals surface area contributed by atoms with E-state index in [1.165, 1.54) is 12.1 Å². The van der Waals surface area contributed by atoms with Crippen molar-refractivity contribution in [1.82, 2.24) is 10.6 Å². The summed E-state index contributed by atoms with van der Waals surface area (Å²) in [6, 6.07) is 13.6. The van der Waals surface area contributed by atoms with Crippen LogP contribution in [0, 0.1) is 5.92 Å². The van der Waals surface area contributed by atoms with Crippen LogP contribution in [0.2, 0.25) is 0 Å². The fourth-order valence-corrected chi connectivity index (χ4v) is 2.95. The van der Waals surface area contributed by atoms with Crippen LogP contribution in [0.4, 0.5) is 4.79 Å². The molecule has 8 heteroatoms. The highest BCUT2D eigenvalue weighted by Crippen LogP contribution is 2.13. The van der Waals surface area contributed by atoms with Gasteiger partial charge in [-0.15, -0.1) is 0 Å². The normalized spacial score (nSPS) is 13.5. The quantitative estimate of drug-likeness (QED) is 0.462. The number of ether oxygens (including phenoxy) is 1. The lowest BCUT2D eigenvalue weighted by Gasteiger charge is -2.25. The van der Waals surface area contributed by atoms with Crippen LogP contribution in [-0.2, 0) is 27.4 Å². The molecule has 0 aliphatic rings. The molecule has 0 bridgehead atoms. The molecule has 2 aromatic carbocycles. The zero-order chi connectivity index (χ0) is 22.8. The number of carbonyl (C=O) groups is 3. The zero-order valence-electron chi connectivity index (χ0n) is 17.7. The van der Waals surface area contributed by atoms with E-state index < -0.39 is 30.0 Å². The van der Waals surface area contributed by atoms with Gasteiger partial charge in [0.05, 0.1) is 0 Å². The van der Waals surface area contributed by atoms with Gasteiger partial charge in [-0.25, -0.2) is 4.79 Å². The molecule has 2 aromatic rings. The molecule has 0 saturated carbocycles. The number of phenolic OH excluding ortho intramolecular Hbond substituents is 1. The van der Waals surface area contributed by atoms with Gasteiger partial charge in [-0.2, -0.15) is 0 Å². The van der Waals surface area contributed by atoms with Crippen LogP contribution < -0.4 is 16.4 Å². The molecule has 0 aliphatic carbocycles. The summed E-state index contributed by atoms with van der Waals surface area (Å²) >= 11 is 0. The number of amides is 3. The molecule has 0 aromatic heterocycles. The van der Waals surface area contributed by atoms with E-state index in [9.17, 15) is 19.5 Å². The topological polar surface area (TPSA) is 131 Å². The number of nitrogens with one attached hydrogen (secondary N) is 2. The van der Waals surface area contributed by atoms with Gasteiger partial charge in [-0.3, -0.25) is 9.59 Å². The lowest BCUT2D eigenvalue weighted by Crippen LogP contribution is -2.55. The van der Waals surface area contributed by atoms with Crippen molar-refractivity contribution >= 4 is 17.9 Å². The molecule has 3 amide bonds. The van der Waals surface area contributed by atoms with Crippen LogP contribution in [0.3, 0.4) is 0 Å². The number of benzene rings is 2. The van der Waals surface area contributed by atoms with Gasteiger partial charge in [0.15, 0.2) is 0 Å². The van der Waals surface area contributed by atoms with Gasteiger partial charge < -0.3 is 26.2 Å². The van der Waals surface area contributed by atoms with E-state index >= 15 is 0 Å². The molecule has 0 spiro atoms. The van der Waals surface area contributed by atoms with E-state index in [0.717, 1.165) is 11.1 Å². The number of hydrogen-bond donors (Lipinski definition) is 4. The number of nitrogens with two attached hydrogens (primary N) is 1. The monoisotopic (exact) mass is 427 g/mol. The maximum atomic E-state index is 12.9. The molecule has 3 atom stereocenters. The Kier molecular flexibility index (Phi) is 8.87. The van der Waals surface area contributed by atoms with Crippen LogP contribution in [0.25, 0.3) is 0 Å². The van der Waals surface area contributed by atoms with Gasteiger partial charge in [0, 0.05) is 6.42 Å². The molecule has 0 fully saturated rings. The first-order chi connectivity index (χ1) is 14.8. The molecule has 0 saturated heterocycles. The van der Waals surface area contributed by atoms with Crippen LogP contribution in [0.1, 0.15) is 31.4 Å². The number of rotatable bonds is 10. The van der Waals surface area contributed by atoms with Gasteiger partial charge in [-0.1, -0.05) is 62.7 Å². The Morgan fingerprint density at radius 1 is 1.00 bits per heavy atom. The SMILES string of the molecule is CC[C@H](C)[C@H](NC(=O)OCc1ccccc1)C(=O)N[C@@H](Cc1ccc(O)cc1)C(N)=O. The summed E-state index contributed by atoms with van der Waals surface area (Å²) < 4.78 is 5.22. The summed E-state index contributed by atoms with van der Waals surface area (Å²) in [5.41, 5.74) is 7.01. The fourth-order valence-electron chi connectivity index (χ4n) is 2.95. The summed E-state index contributed by atoms with van der Waals surface area (Å²) in [7, 11) is 0. The highest BCUT2D eigenvalue weighted by molar-refractivity contribution is 5.91. The third kappa shape index (κ3) is 7.65. The summed E-state index contributed by atoms with van der Waals surface area (Å²) in [6.45, 7) is 3.79. The van der Waals surface area contributed by atoms with Gasteiger partial charge in [0.1, 0.15) is 24.4 Å². The van der Waals surface area contributed by atoms with E-state index in [0.29, 0.717) is 6.42 Å². The van der Waals surface area contributed by atoms with Crippen molar-refractivity contribution in [3.63, 3.8) is 0 Å². The number of hydrogen-bond acceptors (Lipinski definition) is 5. The molecule has 0 radical (unpaired) electrons. The zero-order valence-corrected chi connectivity index (χ0v) is 17.7. The van der Waals surface area contributed by atoms with Gasteiger partial charge in [0.2, 0.25) is 11.8 Å². The second kappa shape index (κ2) is 11.6. The second-order valence-electron chi connectivity index (χ2n) is 7.40. The molecule has 2 rings (SSSR count). The first-order valence-corrected chi connectivity index (χ1v) is 10.1. The molecule has 0 heterocycles. The Labute approximate surface area is 181 Å². The smallest absolute Gasteiger partial charge is 0.408 e. The lowest BCUT2D eigenvalue weighted by molar-refractivity contribution is -0.129. The Morgan fingerprint density at radius 2 is 1.65 bits per heavy atom. The molecule has 166 valence electrons. The van der Waals surface area contributed by atoms with Crippen molar-refractivity contribution in [3.05, 3.63) is 65.7 Å². The van der Waals surface area contributed by atoms with Gasteiger partial charge >= 0.3 is 6.09 Å². The maximum Gasteiger partial charge on any atom is 0.408 e. The number of carbonyl (C=O) groups excluding carboxylic acids is 3. The minimum Gasteiger partial charge on any atom is -0.508 e. The molecule has 31 heavy (non-hydrogen) atoms. The van der Waals surface area contributed by atoms with E-state index in [-0.39, 0.29) is 24.7 Å². The highest BCUT2D eigenvalue weighted by atomic mass is 16.5. The van der Waals surface area contributed by atoms with Crippen molar-refractivity contribution in [3.8, 4) is 5.75 Å². The number of phenols is 1. The molecule has 0 unspecified atom stereocenters. The van der Waals surface area contributed by atoms with Crippen molar-refractivity contribution in [2.75, 3.05) is 0 Å². The first-order valence-electron chi connectivity index (χ1n) is 10.1. The summed E-state index contributed by atoms with van der Waals surface area (Å²) in [5.74, 6) is -1.32. The number of alkyl carbamates (subject to hydrolysis) is 1. The third-order valence-corrected chi connectivity index (χ3v) is 5.02. The minimum atomic E-state index is -0.967. The third-order valence-electron chi connectivity index (χ3n) is 5.02. The lowest BCUT2D eigenvalue weighted by atomic mass is 9.97. The predicted octanol–water partition coefficient (Wildman–Crippen LogP) is 2.25. The standard InChI is InChI=1S/C23H29N3O5/c1-3-15(2)20(26-23(30)31-14-17-7-5-4-6-8-17)22(29)25-19(21(24)28)13-16-9-11-18(27)12-10-16/h4-12,15,19-20,27H,3,13-14H2,1-2H3,(H2,24,28)(H,25,29)(H,26,30)/t15-,19-,20-/m0/s1. The number of primary amides is 1. The Morgan fingerprint density at radius 3 is 2.23 bits per heavy atom. The van der Waals surface area contributed by atoms with Crippen LogP contribution in [0.5, 0.6) is 5.75 Å². The molecular weight excluding hydrogens is 398 g/mol. The molecular formula is C23H29N3O5. The van der Waals surface area contributed by atoms with E-state index in [4.69, 9.17) is 10.5 Å². The molecule has 5 N–H and O–H groups in total. The van der Waals surface area contributed by atoms with Crippen LogP contribution >= 0.6 is 0 Å². The van der Waals surface area contributed by atoms with Gasteiger partial charge in [-0.05, 0) is 29.2 Å². The number of aromatic hydroxyl groups is 1. The largest absolute Gasteiger partial charge is 0.508 e. The van der Waals surface area contributed by atoms with E-state index in [2.05, 4.69) is 10.6 Å². The van der Waals surface area contributed by atoms with Crippen LogP contribution in [0.15, 0.2) is 54.6 Å². The predicted molar refractivity (Wildman–Crippen MR) is 116 cm³/mol. The van der Waals surface area contributed by atoms with Crippen molar-refractivity contribution < 1.29 is 24.2 Å². The summed E-state index contributed by atoms with van der Waals surface area (Å²) in [5, 5.41) is 14.6. The van der Waals surface area contributed by atoms with Crippen molar-refractivity contribution in [2.45, 2.75) is 45.4 Å².